The smallest absolute Gasteiger partial charge is 0.207 e. The van der Waals surface area contributed by atoms with E-state index >= 15 is 0 Å². The number of amides is 1. The van der Waals surface area contributed by atoms with Gasteiger partial charge in [-0.1, -0.05) is 20.3 Å². The Bertz CT molecular complexity index is 84.6. The molecule has 0 aliphatic carbocycles. The lowest BCUT2D eigenvalue weighted by Gasteiger charge is -2.02. The molecule has 0 spiro atoms. The van der Waals surface area contributed by atoms with Crippen molar-refractivity contribution in [2.24, 2.45) is 5.73 Å². The molecule has 1 unspecified atom stereocenters. The van der Waals surface area contributed by atoms with Gasteiger partial charge in [0.2, 0.25) is 6.41 Å². The summed E-state index contributed by atoms with van der Waals surface area (Å²) < 4.78 is 0. The Hall–Kier alpha value is -0.570. The molecule has 0 heterocycles. The molecule has 0 aliphatic rings. The molecule has 0 rings (SSSR count). The van der Waals surface area contributed by atoms with E-state index in [0.29, 0.717) is 0 Å². The van der Waals surface area contributed by atoms with Crippen molar-refractivity contribution in [3.05, 3.63) is 0 Å². The van der Waals surface area contributed by atoms with Gasteiger partial charge in [-0.2, -0.15) is 0 Å². The fourth-order valence-corrected chi connectivity index (χ4v) is 0.752. The van der Waals surface area contributed by atoms with E-state index in [-0.39, 0.29) is 6.04 Å². The first-order valence-electron chi connectivity index (χ1n) is 4.70. The maximum absolute atomic E-state index is 9.77. The molecule has 3 nitrogen and oxygen atoms in total. The average Bonchev–Trinajstić information content (AvgIpc) is 2.07. The summed E-state index contributed by atoms with van der Waals surface area (Å²) in [5, 5.41) is 2.60. The third-order valence-corrected chi connectivity index (χ3v) is 1.31. The molecule has 74 valence electrons. The fourth-order valence-electron chi connectivity index (χ4n) is 0.752. The summed E-state index contributed by atoms with van der Waals surface area (Å²) in [5.41, 5.74) is 5.52. The summed E-state index contributed by atoms with van der Waals surface area (Å²) in [7, 11) is 0. The monoisotopic (exact) mass is 174 g/mol. The normalized spacial score (nSPS) is 11.0. The third-order valence-electron chi connectivity index (χ3n) is 1.31. The van der Waals surface area contributed by atoms with Gasteiger partial charge >= 0.3 is 0 Å². The van der Waals surface area contributed by atoms with Crippen LogP contribution in [0.3, 0.4) is 0 Å². The quantitative estimate of drug-likeness (QED) is 0.471. The molecule has 0 fully saturated rings. The number of nitrogens with one attached hydrogen (secondary N) is 1. The first-order chi connectivity index (χ1) is 5.77. The van der Waals surface area contributed by atoms with Crippen LogP contribution in [0.4, 0.5) is 0 Å². The predicted molar refractivity (Wildman–Crippen MR) is 52.9 cm³/mol. The molecular weight excluding hydrogens is 152 g/mol. The molecule has 0 aromatic rings. The highest BCUT2D eigenvalue weighted by Gasteiger charge is 1.92. The van der Waals surface area contributed by atoms with Crippen LogP contribution in [0.25, 0.3) is 0 Å². The van der Waals surface area contributed by atoms with Crippen LogP contribution in [0.2, 0.25) is 0 Å². The van der Waals surface area contributed by atoms with Gasteiger partial charge in [0.15, 0.2) is 0 Å². The minimum atomic E-state index is 0.288. The summed E-state index contributed by atoms with van der Waals surface area (Å²) in [5.74, 6) is 0. The molecule has 3 N–H and O–H groups in total. The molecule has 0 bridgehead atoms. The van der Waals surface area contributed by atoms with E-state index in [1.807, 2.05) is 20.8 Å². The predicted octanol–water partition coefficient (Wildman–Crippen LogP) is 1.28. The zero-order valence-corrected chi connectivity index (χ0v) is 8.47. The second-order valence-electron chi connectivity index (χ2n) is 2.55. The first kappa shape index (κ1) is 14.0. The Labute approximate surface area is 75.7 Å². The summed E-state index contributed by atoms with van der Waals surface area (Å²) in [6.45, 7) is 6.77. The maximum Gasteiger partial charge on any atom is 0.207 e. The van der Waals surface area contributed by atoms with E-state index < -0.39 is 0 Å². The van der Waals surface area contributed by atoms with Gasteiger partial charge in [0, 0.05) is 12.6 Å². The largest absolute Gasteiger partial charge is 0.359 e. The summed E-state index contributed by atoms with van der Waals surface area (Å²) in [6.07, 6.45) is 3.89. The van der Waals surface area contributed by atoms with E-state index in [2.05, 4.69) is 5.32 Å². The van der Waals surface area contributed by atoms with Crippen molar-refractivity contribution in [3.63, 3.8) is 0 Å². The van der Waals surface area contributed by atoms with Crippen molar-refractivity contribution in [3.8, 4) is 0 Å². The van der Waals surface area contributed by atoms with Crippen molar-refractivity contribution in [1.82, 2.24) is 5.32 Å². The molecule has 3 heteroatoms. The van der Waals surface area contributed by atoms with Crippen LogP contribution in [0, 0.1) is 0 Å². The molecule has 0 aromatic heterocycles. The van der Waals surface area contributed by atoms with Crippen LogP contribution < -0.4 is 11.1 Å². The molecule has 12 heavy (non-hydrogen) atoms. The number of nitrogens with two attached hydrogens (primary N) is 1. The minimum Gasteiger partial charge on any atom is -0.359 e. The number of hydrogen-bond donors (Lipinski definition) is 2. The number of carbonyl (C=O) groups is 1. The Kier molecular flexibility index (Phi) is 15.2. The fraction of sp³-hybridized carbons (Fsp3) is 0.889. The summed E-state index contributed by atoms with van der Waals surface area (Å²) >= 11 is 0. The zero-order valence-electron chi connectivity index (χ0n) is 8.47. The molecule has 0 aromatic carbocycles. The van der Waals surface area contributed by atoms with E-state index in [1.165, 1.54) is 0 Å². The third kappa shape index (κ3) is 16.2. The Balaban J connectivity index is 0. The molecular formula is C9H22N2O. The number of rotatable bonds is 6. The van der Waals surface area contributed by atoms with Crippen molar-refractivity contribution >= 4 is 6.41 Å². The number of unbranched alkanes of at least 4 members (excludes halogenated alkanes) is 1. The van der Waals surface area contributed by atoms with Gasteiger partial charge in [-0.05, 0) is 19.8 Å². The average molecular weight is 174 g/mol. The first-order valence-corrected chi connectivity index (χ1v) is 4.70. The van der Waals surface area contributed by atoms with Gasteiger partial charge in [0.25, 0.3) is 0 Å². The van der Waals surface area contributed by atoms with Crippen molar-refractivity contribution in [1.29, 1.82) is 0 Å². The van der Waals surface area contributed by atoms with Crippen LogP contribution in [-0.4, -0.2) is 19.0 Å². The molecule has 1 amide bonds. The van der Waals surface area contributed by atoms with Gasteiger partial charge in [-0.3, -0.25) is 4.79 Å². The molecule has 0 aliphatic heterocycles. The molecule has 1 atom stereocenters. The standard InChI is InChI=1S/C7H16N2O.C2H6/c1-7(8)4-2-3-5-9-6-10;1-2/h6-7H,2-5,8H2,1H3,(H,9,10);1-2H3. The second kappa shape index (κ2) is 13.1. The topological polar surface area (TPSA) is 55.1 Å². The molecule has 0 saturated heterocycles. The van der Waals surface area contributed by atoms with E-state index in [1.54, 1.807) is 0 Å². The number of hydrogen-bond acceptors (Lipinski definition) is 2. The van der Waals surface area contributed by atoms with Crippen LogP contribution in [0.15, 0.2) is 0 Å². The van der Waals surface area contributed by atoms with Crippen LogP contribution in [0.1, 0.15) is 40.0 Å². The second-order valence-corrected chi connectivity index (χ2v) is 2.55. The van der Waals surface area contributed by atoms with Crippen LogP contribution >= 0.6 is 0 Å². The highest BCUT2D eigenvalue weighted by molar-refractivity contribution is 5.45. The van der Waals surface area contributed by atoms with E-state index in [9.17, 15) is 4.79 Å². The van der Waals surface area contributed by atoms with Gasteiger partial charge < -0.3 is 11.1 Å². The lowest BCUT2D eigenvalue weighted by atomic mass is 10.1. The van der Waals surface area contributed by atoms with Crippen molar-refractivity contribution < 1.29 is 4.79 Å². The van der Waals surface area contributed by atoms with Gasteiger partial charge in [0.05, 0.1) is 0 Å². The maximum atomic E-state index is 9.77. The minimum absolute atomic E-state index is 0.288. The highest BCUT2D eigenvalue weighted by Crippen LogP contribution is 1.95. The van der Waals surface area contributed by atoms with Gasteiger partial charge in [-0.15, -0.1) is 0 Å². The van der Waals surface area contributed by atoms with E-state index in [4.69, 9.17) is 5.73 Å². The Morgan fingerprint density at radius 2 is 2.00 bits per heavy atom. The Morgan fingerprint density at radius 3 is 2.42 bits per heavy atom. The highest BCUT2D eigenvalue weighted by atomic mass is 16.1. The molecule has 0 saturated carbocycles. The van der Waals surface area contributed by atoms with Gasteiger partial charge in [0.1, 0.15) is 0 Å². The SMILES string of the molecule is CC.CC(N)CCCCNC=O. The van der Waals surface area contributed by atoms with E-state index in [0.717, 1.165) is 32.2 Å². The van der Waals surface area contributed by atoms with Crippen LogP contribution in [-0.2, 0) is 4.79 Å². The van der Waals surface area contributed by atoms with Crippen molar-refractivity contribution in [2.75, 3.05) is 6.54 Å². The number of carbonyl (C=O) groups excluding carboxylic acids is 1. The van der Waals surface area contributed by atoms with Crippen LogP contribution in [0.5, 0.6) is 0 Å². The summed E-state index contributed by atoms with van der Waals surface area (Å²) in [6, 6.07) is 0.288. The zero-order chi connectivity index (χ0) is 9.82. The lowest BCUT2D eigenvalue weighted by Crippen LogP contribution is -2.16. The van der Waals surface area contributed by atoms with Crippen molar-refractivity contribution in [2.45, 2.75) is 46.1 Å². The van der Waals surface area contributed by atoms with Gasteiger partial charge in [-0.25, -0.2) is 0 Å². The molecule has 0 radical (unpaired) electrons. The lowest BCUT2D eigenvalue weighted by molar-refractivity contribution is -0.109. The Morgan fingerprint density at radius 1 is 1.42 bits per heavy atom. The summed E-state index contributed by atoms with van der Waals surface area (Å²) in [4.78, 5) is 9.77.